The van der Waals surface area contributed by atoms with E-state index in [-0.39, 0.29) is 5.91 Å². The second kappa shape index (κ2) is 5.59. The van der Waals surface area contributed by atoms with Gasteiger partial charge in [0.05, 0.1) is 6.42 Å². The van der Waals surface area contributed by atoms with Crippen molar-refractivity contribution in [2.75, 3.05) is 17.3 Å². The fraction of sp³-hybridized carbons (Fsp3) is 0.294. The SMILES string of the molecule is CCCc1cc(Nc2ccc3c(c2)CC(=O)N3C)n2ncnc2n1. The maximum atomic E-state index is 11.8. The van der Waals surface area contributed by atoms with Gasteiger partial charge in [-0.25, -0.2) is 4.98 Å². The monoisotopic (exact) mass is 322 g/mol. The first-order valence-corrected chi connectivity index (χ1v) is 8.02. The molecule has 1 amide bonds. The quantitative estimate of drug-likeness (QED) is 0.798. The summed E-state index contributed by atoms with van der Waals surface area (Å²) in [5.74, 6) is 1.52. The van der Waals surface area contributed by atoms with Crippen LogP contribution in [0.15, 0.2) is 30.6 Å². The van der Waals surface area contributed by atoms with E-state index in [9.17, 15) is 4.79 Å². The maximum Gasteiger partial charge on any atom is 0.254 e. The fourth-order valence-corrected chi connectivity index (χ4v) is 3.03. The Kier molecular flexibility index (Phi) is 3.41. The van der Waals surface area contributed by atoms with E-state index >= 15 is 0 Å². The zero-order chi connectivity index (χ0) is 16.7. The lowest BCUT2D eigenvalue weighted by Gasteiger charge is -2.12. The van der Waals surface area contributed by atoms with Crippen molar-refractivity contribution < 1.29 is 4.79 Å². The van der Waals surface area contributed by atoms with Crippen LogP contribution in [0.4, 0.5) is 17.2 Å². The largest absolute Gasteiger partial charge is 0.340 e. The van der Waals surface area contributed by atoms with Gasteiger partial charge < -0.3 is 10.2 Å². The molecule has 4 rings (SSSR count). The second-order valence-corrected chi connectivity index (χ2v) is 5.95. The van der Waals surface area contributed by atoms with Crippen LogP contribution in [0.5, 0.6) is 0 Å². The lowest BCUT2D eigenvalue weighted by molar-refractivity contribution is -0.117. The van der Waals surface area contributed by atoms with Crippen LogP contribution in [-0.2, 0) is 17.6 Å². The van der Waals surface area contributed by atoms with E-state index in [0.29, 0.717) is 12.2 Å². The molecule has 0 saturated heterocycles. The molecule has 2 aromatic heterocycles. The number of hydrogen-bond acceptors (Lipinski definition) is 5. The molecular formula is C17H18N6O. The number of likely N-dealkylation sites (N-methyl/N-ethyl adjacent to an activating group) is 1. The van der Waals surface area contributed by atoms with Crippen molar-refractivity contribution in [3.63, 3.8) is 0 Å². The van der Waals surface area contributed by atoms with Gasteiger partial charge in [0, 0.05) is 30.2 Å². The van der Waals surface area contributed by atoms with Gasteiger partial charge in [-0.15, -0.1) is 0 Å². The molecule has 1 aliphatic rings. The topological polar surface area (TPSA) is 75.4 Å². The van der Waals surface area contributed by atoms with E-state index in [1.165, 1.54) is 6.33 Å². The summed E-state index contributed by atoms with van der Waals surface area (Å²) < 4.78 is 1.68. The number of fused-ring (bicyclic) bond motifs is 2. The van der Waals surface area contributed by atoms with E-state index in [1.807, 2.05) is 24.3 Å². The number of aromatic nitrogens is 4. The maximum absolute atomic E-state index is 11.8. The summed E-state index contributed by atoms with van der Waals surface area (Å²) in [6, 6.07) is 7.95. The Morgan fingerprint density at radius 1 is 1.29 bits per heavy atom. The number of nitrogens with zero attached hydrogens (tertiary/aromatic N) is 5. The molecule has 122 valence electrons. The highest BCUT2D eigenvalue weighted by Gasteiger charge is 2.24. The van der Waals surface area contributed by atoms with E-state index < -0.39 is 0 Å². The van der Waals surface area contributed by atoms with Gasteiger partial charge in [-0.3, -0.25) is 4.79 Å². The molecule has 0 radical (unpaired) electrons. The number of aryl methyl sites for hydroxylation is 1. The third-order valence-corrected chi connectivity index (χ3v) is 4.24. The van der Waals surface area contributed by atoms with Gasteiger partial charge in [-0.05, 0) is 30.2 Å². The van der Waals surface area contributed by atoms with Gasteiger partial charge in [0.1, 0.15) is 12.1 Å². The highest BCUT2D eigenvalue weighted by atomic mass is 16.2. The molecule has 7 heteroatoms. The smallest absolute Gasteiger partial charge is 0.254 e. The third-order valence-electron chi connectivity index (χ3n) is 4.24. The number of benzene rings is 1. The highest BCUT2D eigenvalue weighted by Crippen LogP contribution is 2.31. The van der Waals surface area contributed by atoms with Gasteiger partial charge in [0.2, 0.25) is 5.91 Å². The summed E-state index contributed by atoms with van der Waals surface area (Å²) in [6.45, 7) is 2.12. The molecule has 0 saturated carbocycles. The zero-order valence-electron chi connectivity index (χ0n) is 13.7. The fourth-order valence-electron chi connectivity index (χ4n) is 3.03. The number of hydrogen-bond donors (Lipinski definition) is 1. The Morgan fingerprint density at radius 3 is 3.00 bits per heavy atom. The molecule has 0 unspecified atom stereocenters. The van der Waals surface area contributed by atoms with Crippen LogP contribution >= 0.6 is 0 Å². The van der Waals surface area contributed by atoms with Crippen molar-refractivity contribution in [2.45, 2.75) is 26.2 Å². The van der Waals surface area contributed by atoms with Crippen LogP contribution in [0.3, 0.4) is 0 Å². The summed E-state index contributed by atoms with van der Waals surface area (Å²) in [6.07, 6.45) is 3.85. The minimum absolute atomic E-state index is 0.120. The van der Waals surface area contributed by atoms with Crippen LogP contribution in [0, 0.1) is 0 Å². The Bertz CT molecular complexity index is 932. The number of anilines is 3. The van der Waals surface area contributed by atoms with Gasteiger partial charge in [0.15, 0.2) is 0 Å². The Morgan fingerprint density at radius 2 is 2.17 bits per heavy atom. The Hall–Kier alpha value is -2.96. The molecule has 24 heavy (non-hydrogen) atoms. The van der Waals surface area contributed by atoms with Gasteiger partial charge in [-0.1, -0.05) is 13.3 Å². The molecule has 0 bridgehead atoms. The third kappa shape index (κ3) is 2.38. The summed E-state index contributed by atoms with van der Waals surface area (Å²) in [5.41, 5.74) is 3.90. The lowest BCUT2D eigenvalue weighted by atomic mass is 10.1. The first-order valence-electron chi connectivity index (χ1n) is 8.02. The van der Waals surface area contributed by atoms with Crippen molar-refractivity contribution in [3.8, 4) is 0 Å². The van der Waals surface area contributed by atoms with Crippen LogP contribution in [0.1, 0.15) is 24.6 Å². The molecule has 7 nitrogen and oxygen atoms in total. The minimum atomic E-state index is 0.120. The Labute approximate surface area is 139 Å². The molecule has 1 N–H and O–H groups in total. The van der Waals surface area contributed by atoms with Crippen LogP contribution in [-0.4, -0.2) is 32.5 Å². The van der Waals surface area contributed by atoms with Crippen molar-refractivity contribution in [1.29, 1.82) is 0 Å². The number of rotatable bonds is 4. The number of carbonyl (C=O) groups excluding carboxylic acids is 1. The van der Waals surface area contributed by atoms with Crippen molar-refractivity contribution >= 4 is 28.9 Å². The average Bonchev–Trinajstić information content (AvgIpc) is 3.13. The van der Waals surface area contributed by atoms with Crippen molar-refractivity contribution in [1.82, 2.24) is 19.6 Å². The van der Waals surface area contributed by atoms with E-state index in [1.54, 1.807) is 16.5 Å². The molecule has 1 aliphatic heterocycles. The molecule has 1 aromatic carbocycles. The van der Waals surface area contributed by atoms with Gasteiger partial charge >= 0.3 is 0 Å². The number of amides is 1. The van der Waals surface area contributed by atoms with Crippen LogP contribution in [0.25, 0.3) is 5.78 Å². The summed E-state index contributed by atoms with van der Waals surface area (Å²) in [5, 5.41) is 7.61. The molecule has 0 fully saturated rings. The second-order valence-electron chi connectivity index (χ2n) is 5.95. The average molecular weight is 322 g/mol. The van der Waals surface area contributed by atoms with E-state index in [2.05, 4.69) is 27.3 Å². The van der Waals surface area contributed by atoms with Gasteiger partial charge in [-0.2, -0.15) is 14.6 Å². The Balaban J connectivity index is 1.71. The molecule has 0 aliphatic carbocycles. The first-order chi connectivity index (χ1) is 11.7. The minimum Gasteiger partial charge on any atom is -0.340 e. The molecule has 0 atom stereocenters. The summed E-state index contributed by atoms with van der Waals surface area (Å²) >= 11 is 0. The predicted octanol–water partition coefficient (Wildman–Crippen LogP) is 2.34. The number of carbonyl (C=O) groups is 1. The zero-order valence-corrected chi connectivity index (χ0v) is 13.7. The van der Waals surface area contributed by atoms with E-state index in [4.69, 9.17) is 0 Å². The lowest BCUT2D eigenvalue weighted by Crippen LogP contribution is -2.20. The molecular weight excluding hydrogens is 304 g/mol. The summed E-state index contributed by atoms with van der Waals surface area (Å²) in [7, 11) is 1.81. The molecule has 3 aromatic rings. The van der Waals surface area contributed by atoms with Crippen molar-refractivity contribution in [3.05, 3.63) is 41.9 Å². The standard InChI is InChI=1S/C17H18N6O/c1-3-4-12-9-15(23-17(21-12)18-10-19-23)20-13-5-6-14-11(7-13)8-16(24)22(14)2/h5-7,9-10,20H,3-4,8H2,1-2H3. The summed E-state index contributed by atoms with van der Waals surface area (Å²) in [4.78, 5) is 22.2. The number of nitrogens with one attached hydrogen (secondary N) is 1. The van der Waals surface area contributed by atoms with Crippen LogP contribution in [0.2, 0.25) is 0 Å². The van der Waals surface area contributed by atoms with Crippen LogP contribution < -0.4 is 10.2 Å². The van der Waals surface area contributed by atoms with Gasteiger partial charge in [0.25, 0.3) is 5.78 Å². The highest BCUT2D eigenvalue weighted by molar-refractivity contribution is 6.01. The first kappa shape index (κ1) is 14.6. The molecule has 0 spiro atoms. The van der Waals surface area contributed by atoms with Crippen molar-refractivity contribution in [2.24, 2.45) is 0 Å². The van der Waals surface area contributed by atoms with E-state index in [0.717, 1.165) is 41.3 Å². The predicted molar refractivity (Wildman–Crippen MR) is 91.6 cm³/mol. The molecule has 3 heterocycles. The normalized spacial score (nSPS) is 13.6.